The van der Waals surface area contributed by atoms with E-state index in [1.54, 1.807) is 0 Å². The van der Waals surface area contributed by atoms with Crippen LogP contribution in [-0.2, 0) is 0 Å². The van der Waals surface area contributed by atoms with Gasteiger partial charge >= 0.3 is 0 Å². The second kappa shape index (κ2) is 4.18. The van der Waals surface area contributed by atoms with Gasteiger partial charge in [-0.15, -0.1) is 0 Å². The van der Waals surface area contributed by atoms with E-state index >= 15 is 0 Å². The normalized spacial score (nSPS) is 48.5. The minimum atomic E-state index is -0.431. The first-order chi connectivity index (χ1) is 7.42. The molecule has 2 saturated carbocycles. The van der Waals surface area contributed by atoms with E-state index in [0.29, 0.717) is 11.8 Å². The summed E-state index contributed by atoms with van der Waals surface area (Å²) in [6.07, 6.45) is 5.87. The Hall–Kier alpha value is -0.300. The van der Waals surface area contributed by atoms with E-state index in [0.717, 1.165) is 24.7 Å². The van der Waals surface area contributed by atoms with Gasteiger partial charge in [0.2, 0.25) is 0 Å². The van der Waals surface area contributed by atoms with Gasteiger partial charge in [0.1, 0.15) is 0 Å². The highest BCUT2D eigenvalue weighted by Gasteiger charge is 2.46. The third-order valence-corrected chi connectivity index (χ3v) is 5.23. The van der Waals surface area contributed by atoms with Crippen molar-refractivity contribution in [2.45, 2.75) is 58.5 Å². The molecule has 0 heterocycles. The highest BCUT2D eigenvalue weighted by atomic mass is 16.3. The summed E-state index contributed by atoms with van der Waals surface area (Å²) in [5.74, 6) is 2.68. The molecule has 92 valence electrons. The van der Waals surface area contributed by atoms with Gasteiger partial charge in [0, 0.05) is 0 Å². The molecule has 1 heteroatoms. The van der Waals surface area contributed by atoms with Crippen LogP contribution in [0.2, 0.25) is 0 Å². The van der Waals surface area contributed by atoms with Gasteiger partial charge in [0.25, 0.3) is 0 Å². The van der Waals surface area contributed by atoms with Crippen molar-refractivity contribution >= 4 is 0 Å². The summed E-state index contributed by atoms with van der Waals surface area (Å²) in [4.78, 5) is 0. The summed E-state index contributed by atoms with van der Waals surface area (Å²) >= 11 is 0. The number of allylic oxidation sites excluding steroid dienone is 1. The SMILES string of the molecule is C=C(C)[C@H]1CC[C@](C)(O)[C@@H]2CC[C@@H](C)[C@H]2C1. The van der Waals surface area contributed by atoms with Crippen LogP contribution in [0.5, 0.6) is 0 Å². The Bertz CT molecular complexity index is 279. The maximum Gasteiger partial charge on any atom is 0.0650 e. The highest BCUT2D eigenvalue weighted by molar-refractivity contribution is 5.04. The smallest absolute Gasteiger partial charge is 0.0650 e. The zero-order valence-electron chi connectivity index (χ0n) is 11.0. The van der Waals surface area contributed by atoms with Crippen molar-refractivity contribution in [3.63, 3.8) is 0 Å². The van der Waals surface area contributed by atoms with E-state index in [1.165, 1.54) is 24.8 Å². The maximum atomic E-state index is 10.6. The summed E-state index contributed by atoms with van der Waals surface area (Å²) in [5, 5.41) is 10.6. The zero-order chi connectivity index (χ0) is 11.9. The number of hydrogen-bond donors (Lipinski definition) is 1. The van der Waals surface area contributed by atoms with Crippen LogP contribution < -0.4 is 0 Å². The Kier molecular flexibility index (Phi) is 3.18. The van der Waals surface area contributed by atoms with Gasteiger partial charge in [-0.25, -0.2) is 0 Å². The Morgan fingerprint density at radius 1 is 1.31 bits per heavy atom. The topological polar surface area (TPSA) is 20.2 Å². The summed E-state index contributed by atoms with van der Waals surface area (Å²) in [6.45, 7) is 10.7. The molecule has 5 atom stereocenters. The lowest BCUT2D eigenvalue weighted by Gasteiger charge is -2.33. The molecule has 0 aromatic heterocycles. The molecule has 2 rings (SSSR count). The van der Waals surface area contributed by atoms with Crippen molar-refractivity contribution in [3.05, 3.63) is 12.2 Å². The monoisotopic (exact) mass is 222 g/mol. The van der Waals surface area contributed by atoms with Crippen molar-refractivity contribution in [2.75, 3.05) is 0 Å². The molecule has 0 bridgehead atoms. The zero-order valence-corrected chi connectivity index (χ0v) is 11.0. The summed E-state index contributed by atoms with van der Waals surface area (Å²) in [7, 11) is 0. The van der Waals surface area contributed by atoms with Gasteiger partial charge in [-0.1, -0.05) is 25.5 Å². The van der Waals surface area contributed by atoms with E-state index in [1.807, 2.05) is 0 Å². The van der Waals surface area contributed by atoms with Crippen LogP contribution in [0.3, 0.4) is 0 Å². The van der Waals surface area contributed by atoms with Crippen LogP contribution in [0.4, 0.5) is 0 Å². The van der Waals surface area contributed by atoms with E-state index in [2.05, 4.69) is 27.4 Å². The number of fused-ring (bicyclic) bond motifs is 1. The Morgan fingerprint density at radius 2 is 2.00 bits per heavy atom. The lowest BCUT2D eigenvalue weighted by Crippen LogP contribution is -2.36. The molecule has 0 aliphatic heterocycles. The molecule has 2 aliphatic carbocycles. The lowest BCUT2D eigenvalue weighted by atomic mass is 9.77. The predicted molar refractivity (Wildman–Crippen MR) is 68.2 cm³/mol. The largest absolute Gasteiger partial charge is 0.390 e. The van der Waals surface area contributed by atoms with Crippen LogP contribution in [0.15, 0.2) is 12.2 Å². The molecule has 2 fully saturated rings. The molecule has 0 aromatic rings. The maximum absolute atomic E-state index is 10.6. The molecule has 16 heavy (non-hydrogen) atoms. The molecular formula is C15H26O. The van der Waals surface area contributed by atoms with E-state index in [9.17, 15) is 5.11 Å². The van der Waals surface area contributed by atoms with Gasteiger partial charge < -0.3 is 5.11 Å². The van der Waals surface area contributed by atoms with Gasteiger partial charge in [-0.2, -0.15) is 0 Å². The first-order valence-corrected chi connectivity index (χ1v) is 6.79. The van der Waals surface area contributed by atoms with Crippen LogP contribution in [0.1, 0.15) is 52.9 Å². The molecule has 0 radical (unpaired) electrons. The van der Waals surface area contributed by atoms with E-state index in [-0.39, 0.29) is 0 Å². The lowest BCUT2D eigenvalue weighted by molar-refractivity contribution is -0.0208. The standard InChI is InChI=1S/C15H26O/c1-10(2)12-7-8-15(4,16)14-6-5-11(3)13(14)9-12/h11-14,16H,1,5-9H2,2-4H3/t11-,12+,13-,14-,15+/m1/s1. The van der Waals surface area contributed by atoms with Gasteiger partial charge in [-0.05, 0) is 63.2 Å². The molecule has 0 saturated heterocycles. The molecular weight excluding hydrogens is 196 g/mol. The van der Waals surface area contributed by atoms with Crippen LogP contribution in [0.25, 0.3) is 0 Å². The van der Waals surface area contributed by atoms with Crippen molar-refractivity contribution < 1.29 is 5.11 Å². The number of hydrogen-bond acceptors (Lipinski definition) is 1. The minimum Gasteiger partial charge on any atom is -0.390 e. The average Bonchev–Trinajstić information content (AvgIpc) is 2.47. The molecule has 0 aromatic carbocycles. The van der Waals surface area contributed by atoms with Gasteiger partial charge in [0.15, 0.2) is 0 Å². The van der Waals surface area contributed by atoms with E-state index in [4.69, 9.17) is 0 Å². The molecule has 2 aliphatic rings. The third-order valence-electron chi connectivity index (χ3n) is 5.23. The molecule has 1 nitrogen and oxygen atoms in total. The minimum absolute atomic E-state index is 0.431. The van der Waals surface area contributed by atoms with Crippen molar-refractivity contribution in [2.24, 2.45) is 23.7 Å². The number of rotatable bonds is 1. The first kappa shape index (κ1) is 12.2. The van der Waals surface area contributed by atoms with Gasteiger partial charge in [0.05, 0.1) is 5.60 Å². The third kappa shape index (κ3) is 2.07. The Morgan fingerprint density at radius 3 is 2.62 bits per heavy atom. The predicted octanol–water partition coefficient (Wildman–Crippen LogP) is 3.78. The molecule has 1 N–H and O–H groups in total. The molecule has 0 amide bonds. The van der Waals surface area contributed by atoms with Crippen LogP contribution in [0, 0.1) is 23.7 Å². The fourth-order valence-corrected chi connectivity index (χ4v) is 3.98. The Balaban J connectivity index is 2.21. The van der Waals surface area contributed by atoms with E-state index < -0.39 is 5.60 Å². The quantitative estimate of drug-likeness (QED) is 0.669. The molecule has 0 unspecified atom stereocenters. The van der Waals surface area contributed by atoms with Gasteiger partial charge in [-0.3, -0.25) is 0 Å². The second-order valence-corrected chi connectivity index (χ2v) is 6.50. The highest BCUT2D eigenvalue weighted by Crippen LogP contribution is 2.50. The average molecular weight is 222 g/mol. The van der Waals surface area contributed by atoms with Crippen LogP contribution >= 0.6 is 0 Å². The number of aliphatic hydroxyl groups is 1. The summed E-state index contributed by atoms with van der Waals surface area (Å²) in [6, 6.07) is 0. The fourth-order valence-electron chi connectivity index (χ4n) is 3.98. The first-order valence-electron chi connectivity index (χ1n) is 6.79. The molecule has 0 spiro atoms. The van der Waals surface area contributed by atoms with Crippen molar-refractivity contribution in [1.82, 2.24) is 0 Å². The second-order valence-electron chi connectivity index (χ2n) is 6.50. The van der Waals surface area contributed by atoms with Crippen molar-refractivity contribution in [3.8, 4) is 0 Å². The fraction of sp³-hybridized carbons (Fsp3) is 0.867. The summed E-state index contributed by atoms with van der Waals surface area (Å²) < 4.78 is 0. The Labute approximate surface area is 99.9 Å². The van der Waals surface area contributed by atoms with Crippen molar-refractivity contribution in [1.29, 1.82) is 0 Å². The van der Waals surface area contributed by atoms with Crippen LogP contribution in [-0.4, -0.2) is 10.7 Å². The summed E-state index contributed by atoms with van der Waals surface area (Å²) in [5.41, 5.74) is 0.884.